The zero-order valence-electron chi connectivity index (χ0n) is 12.0. The molecule has 0 atom stereocenters. The van der Waals surface area contributed by atoms with Crippen molar-refractivity contribution >= 4 is 34.2 Å². The lowest BCUT2D eigenvalue weighted by atomic mass is 10.1. The number of anilines is 1. The van der Waals surface area contributed by atoms with Crippen molar-refractivity contribution in [3.8, 4) is 11.3 Å². The maximum atomic E-state index is 12.4. The Morgan fingerprint density at radius 2 is 1.73 bits per heavy atom. The summed E-state index contributed by atoms with van der Waals surface area (Å²) in [5.41, 5.74) is 2.28. The van der Waals surface area contributed by atoms with Gasteiger partial charge in [-0.25, -0.2) is 0 Å². The van der Waals surface area contributed by atoms with Crippen molar-refractivity contribution in [3.63, 3.8) is 0 Å². The van der Waals surface area contributed by atoms with E-state index in [9.17, 15) is 4.79 Å². The monoisotopic (exact) mass is 403 g/mol. The van der Waals surface area contributed by atoms with Crippen molar-refractivity contribution in [1.29, 1.82) is 0 Å². The standard InChI is InChI=1S/C18H14INO2/c1-12-16(11-17(22-12)13-5-3-2-4-6-13)18(21)20-15-9-7-14(19)8-10-15/h2-11H,1H3,(H,20,21). The average Bonchev–Trinajstić information content (AvgIpc) is 2.92. The number of amides is 1. The Bertz CT molecular complexity index is 792. The fourth-order valence-corrected chi connectivity index (χ4v) is 2.54. The second-order valence-electron chi connectivity index (χ2n) is 4.91. The average molecular weight is 403 g/mol. The normalized spacial score (nSPS) is 10.5. The number of nitrogens with one attached hydrogen (secondary N) is 1. The molecule has 3 aromatic rings. The molecule has 0 fully saturated rings. The van der Waals surface area contributed by atoms with Gasteiger partial charge < -0.3 is 9.73 Å². The highest BCUT2D eigenvalue weighted by atomic mass is 127. The predicted octanol–water partition coefficient (Wildman–Crippen LogP) is 5.11. The van der Waals surface area contributed by atoms with Gasteiger partial charge in [-0.1, -0.05) is 30.3 Å². The van der Waals surface area contributed by atoms with Gasteiger partial charge in [-0.3, -0.25) is 4.79 Å². The summed E-state index contributed by atoms with van der Waals surface area (Å²) < 4.78 is 6.84. The molecule has 1 N–H and O–H groups in total. The Labute approximate surface area is 142 Å². The van der Waals surface area contributed by atoms with Crippen LogP contribution in [0.25, 0.3) is 11.3 Å². The highest BCUT2D eigenvalue weighted by Crippen LogP contribution is 2.25. The molecule has 1 amide bonds. The van der Waals surface area contributed by atoms with E-state index in [0.717, 1.165) is 14.8 Å². The van der Waals surface area contributed by atoms with Crippen LogP contribution >= 0.6 is 22.6 Å². The Morgan fingerprint density at radius 1 is 1.05 bits per heavy atom. The van der Waals surface area contributed by atoms with E-state index in [2.05, 4.69) is 27.9 Å². The van der Waals surface area contributed by atoms with Crippen molar-refractivity contribution in [1.82, 2.24) is 0 Å². The fraction of sp³-hybridized carbons (Fsp3) is 0.0556. The Hall–Kier alpha value is -2.08. The van der Waals surface area contributed by atoms with Crippen LogP contribution < -0.4 is 5.32 Å². The third kappa shape index (κ3) is 3.22. The molecule has 22 heavy (non-hydrogen) atoms. The largest absolute Gasteiger partial charge is 0.461 e. The Kier molecular flexibility index (Phi) is 4.29. The first-order chi connectivity index (χ1) is 10.6. The zero-order chi connectivity index (χ0) is 15.5. The molecular formula is C18H14INO2. The highest BCUT2D eigenvalue weighted by Gasteiger charge is 2.16. The van der Waals surface area contributed by atoms with Crippen LogP contribution in [0.4, 0.5) is 5.69 Å². The number of benzene rings is 2. The molecule has 3 rings (SSSR count). The maximum absolute atomic E-state index is 12.4. The topological polar surface area (TPSA) is 42.2 Å². The van der Waals surface area contributed by atoms with Gasteiger partial charge in [0.15, 0.2) is 0 Å². The maximum Gasteiger partial charge on any atom is 0.259 e. The van der Waals surface area contributed by atoms with Crippen LogP contribution in [0.2, 0.25) is 0 Å². The van der Waals surface area contributed by atoms with E-state index < -0.39 is 0 Å². The van der Waals surface area contributed by atoms with E-state index in [-0.39, 0.29) is 5.91 Å². The molecule has 0 aliphatic carbocycles. The van der Waals surface area contributed by atoms with Gasteiger partial charge in [-0.15, -0.1) is 0 Å². The molecule has 0 aliphatic rings. The molecule has 0 saturated carbocycles. The lowest BCUT2D eigenvalue weighted by Crippen LogP contribution is -2.11. The van der Waals surface area contributed by atoms with E-state index in [4.69, 9.17) is 4.42 Å². The van der Waals surface area contributed by atoms with E-state index in [0.29, 0.717) is 17.1 Å². The molecule has 0 bridgehead atoms. The van der Waals surface area contributed by atoms with Gasteiger partial charge >= 0.3 is 0 Å². The lowest BCUT2D eigenvalue weighted by molar-refractivity contribution is 0.102. The first-order valence-electron chi connectivity index (χ1n) is 6.86. The summed E-state index contributed by atoms with van der Waals surface area (Å²) in [6.07, 6.45) is 0. The van der Waals surface area contributed by atoms with Gasteiger partial charge in [0.25, 0.3) is 5.91 Å². The van der Waals surface area contributed by atoms with Crippen LogP contribution in [0.1, 0.15) is 16.1 Å². The number of rotatable bonds is 3. The quantitative estimate of drug-likeness (QED) is 0.618. The van der Waals surface area contributed by atoms with E-state index in [1.54, 1.807) is 13.0 Å². The van der Waals surface area contributed by atoms with Gasteiger partial charge in [0.2, 0.25) is 0 Å². The molecule has 110 valence electrons. The smallest absolute Gasteiger partial charge is 0.259 e. The van der Waals surface area contributed by atoms with Gasteiger partial charge in [-0.05, 0) is 59.8 Å². The SMILES string of the molecule is Cc1oc(-c2ccccc2)cc1C(=O)Nc1ccc(I)cc1. The number of halogens is 1. The van der Waals surface area contributed by atoms with E-state index in [1.165, 1.54) is 0 Å². The third-order valence-corrected chi connectivity index (χ3v) is 4.04. The zero-order valence-corrected chi connectivity index (χ0v) is 14.1. The molecule has 0 aliphatic heterocycles. The van der Waals surface area contributed by atoms with Gasteiger partial charge in [-0.2, -0.15) is 0 Å². The van der Waals surface area contributed by atoms with Crippen LogP contribution in [-0.2, 0) is 0 Å². The molecule has 0 radical (unpaired) electrons. The molecular weight excluding hydrogens is 389 g/mol. The first kappa shape index (κ1) is 14.8. The minimum absolute atomic E-state index is 0.162. The van der Waals surface area contributed by atoms with Gasteiger partial charge in [0.05, 0.1) is 5.56 Å². The van der Waals surface area contributed by atoms with Crippen molar-refractivity contribution in [2.24, 2.45) is 0 Å². The van der Waals surface area contributed by atoms with E-state index in [1.807, 2.05) is 54.6 Å². The van der Waals surface area contributed by atoms with Crippen LogP contribution in [-0.4, -0.2) is 5.91 Å². The molecule has 0 spiro atoms. The van der Waals surface area contributed by atoms with Crippen molar-refractivity contribution < 1.29 is 9.21 Å². The first-order valence-corrected chi connectivity index (χ1v) is 7.94. The highest BCUT2D eigenvalue weighted by molar-refractivity contribution is 14.1. The number of hydrogen-bond acceptors (Lipinski definition) is 2. The fourth-order valence-electron chi connectivity index (χ4n) is 2.18. The molecule has 4 heteroatoms. The number of furan rings is 1. The Balaban J connectivity index is 1.84. The number of hydrogen-bond donors (Lipinski definition) is 1. The molecule has 3 nitrogen and oxygen atoms in total. The minimum Gasteiger partial charge on any atom is -0.461 e. The number of carbonyl (C=O) groups excluding carboxylic acids is 1. The second-order valence-corrected chi connectivity index (χ2v) is 6.15. The van der Waals surface area contributed by atoms with E-state index >= 15 is 0 Å². The summed E-state index contributed by atoms with van der Waals surface area (Å²) in [5.74, 6) is 1.15. The second kappa shape index (κ2) is 6.36. The summed E-state index contributed by atoms with van der Waals surface area (Å²) >= 11 is 2.23. The number of carbonyl (C=O) groups is 1. The van der Waals surface area contributed by atoms with Crippen LogP contribution in [0.3, 0.4) is 0 Å². The summed E-state index contributed by atoms with van der Waals surface area (Å²) in [7, 11) is 0. The Morgan fingerprint density at radius 3 is 2.41 bits per heavy atom. The summed E-state index contributed by atoms with van der Waals surface area (Å²) in [6, 6.07) is 19.2. The van der Waals surface area contributed by atoms with Crippen LogP contribution in [0, 0.1) is 10.5 Å². The lowest BCUT2D eigenvalue weighted by Gasteiger charge is -2.03. The van der Waals surface area contributed by atoms with Crippen LogP contribution in [0.15, 0.2) is 65.1 Å². The van der Waals surface area contributed by atoms with Crippen LogP contribution in [0.5, 0.6) is 0 Å². The molecule has 1 heterocycles. The minimum atomic E-state index is -0.162. The molecule has 0 unspecified atom stereocenters. The molecule has 0 saturated heterocycles. The summed E-state index contributed by atoms with van der Waals surface area (Å²) in [6.45, 7) is 1.80. The summed E-state index contributed by atoms with van der Waals surface area (Å²) in [4.78, 5) is 12.4. The van der Waals surface area contributed by atoms with Crippen molar-refractivity contribution in [2.75, 3.05) is 5.32 Å². The molecule has 2 aromatic carbocycles. The van der Waals surface area contributed by atoms with Crippen molar-refractivity contribution in [3.05, 3.63) is 75.6 Å². The third-order valence-electron chi connectivity index (χ3n) is 3.32. The predicted molar refractivity (Wildman–Crippen MR) is 96.0 cm³/mol. The molecule has 1 aromatic heterocycles. The van der Waals surface area contributed by atoms with Gasteiger partial charge in [0, 0.05) is 14.8 Å². The van der Waals surface area contributed by atoms with Gasteiger partial charge in [0.1, 0.15) is 11.5 Å². The summed E-state index contributed by atoms with van der Waals surface area (Å²) in [5, 5.41) is 2.89. The van der Waals surface area contributed by atoms with Crippen molar-refractivity contribution in [2.45, 2.75) is 6.92 Å². The number of aryl methyl sites for hydroxylation is 1.